The maximum Gasteiger partial charge on any atom is 0.151 e. The summed E-state index contributed by atoms with van der Waals surface area (Å²) in [6.45, 7) is 2.03. The molecule has 0 amide bonds. The van der Waals surface area contributed by atoms with Crippen LogP contribution >= 0.6 is 12.4 Å². The van der Waals surface area contributed by atoms with Gasteiger partial charge in [-0.25, -0.2) is 14.2 Å². The molecule has 7 nitrogen and oxygen atoms in total. The van der Waals surface area contributed by atoms with Gasteiger partial charge in [0.15, 0.2) is 5.82 Å². The Morgan fingerprint density at radius 1 is 1.06 bits per heavy atom. The lowest BCUT2D eigenvalue weighted by atomic mass is 9.95. The molecule has 1 fully saturated rings. The van der Waals surface area contributed by atoms with Crippen molar-refractivity contribution in [2.75, 3.05) is 18.8 Å². The number of nitrogens with two attached hydrogens (primary N) is 1. The van der Waals surface area contributed by atoms with Crippen molar-refractivity contribution in [2.45, 2.75) is 18.8 Å². The Labute approximate surface area is 191 Å². The number of benzene rings is 2. The van der Waals surface area contributed by atoms with Crippen molar-refractivity contribution in [1.82, 2.24) is 29.7 Å². The van der Waals surface area contributed by atoms with Gasteiger partial charge in [-0.05, 0) is 49.2 Å². The van der Waals surface area contributed by atoms with Crippen molar-refractivity contribution in [1.29, 1.82) is 0 Å². The number of anilines is 1. The van der Waals surface area contributed by atoms with Crippen LogP contribution in [0.4, 0.5) is 5.82 Å². The van der Waals surface area contributed by atoms with Gasteiger partial charge < -0.3 is 11.1 Å². The van der Waals surface area contributed by atoms with Gasteiger partial charge in [0, 0.05) is 35.3 Å². The van der Waals surface area contributed by atoms with E-state index in [0.29, 0.717) is 11.7 Å². The summed E-state index contributed by atoms with van der Waals surface area (Å²) in [4.78, 5) is 4.27. The number of para-hydroxylation sites is 1. The van der Waals surface area contributed by atoms with Crippen molar-refractivity contribution in [3.8, 4) is 16.8 Å². The van der Waals surface area contributed by atoms with Crippen LogP contribution in [0.15, 0.2) is 67.1 Å². The fourth-order valence-corrected chi connectivity index (χ4v) is 4.60. The molecule has 1 atom stereocenters. The van der Waals surface area contributed by atoms with E-state index in [1.807, 2.05) is 27.4 Å². The Hall–Kier alpha value is -3.42. The number of hydrogen-bond acceptors (Lipinski definition) is 5. The zero-order chi connectivity index (χ0) is 20.8. The molecule has 32 heavy (non-hydrogen) atoms. The van der Waals surface area contributed by atoms with E-state index in [1.54, 1.807) is 0 Å². The summed E-state index contributed by atoms with van der Waals surface area (Å²) >= 11 is 0. The van der Waals surface area contributed by atoms with Gasteiger partial charge in [-0.2, -0.15) is 10.2 Å². The summed E-state index contributed by atoms with van der Waals surface area (Å²) in [5.41, 5.74) is 12.5. The van der Waals surface area contributed by atoms with Gasteiger partial charge >= 0.3 is 0 Å². The molecule has 2 aromatic carbocycles. The molecule has 0 radical (unpaired) electrons. The Kier molecular flexibility index (Phi) is 5.28. The predicted octanol–water partition coefficient (Wildman–Crippen LogP) is 4.21. The molecular formula is C24H24ClN7. The predicted molar refractivity (Wildman–Crippen MR) is 130 cm³/mol. The van der Waals surface area contributed by atoms with Crippen LogP contribution in [0.5, 0.6) is 0 Å². The number of piperidine rings is 1. The summed E-state index contributed by atoms with van der Waals surface area (Å²) in [5.74, 6) is 0.903. The first kappa shape index (κ1) is 20.5. The normalized spacial score (nSPS) is 16.3. The molecule has 1 unspecified atom stereocenters. The second-order valence-electron chi connectivity index (χ2n) is 8.11. The van der Waals surface area contributed by atoms with E-state index in [9.17, 15) is 0 Å². The number of nitrogens with zero attached hydrogens (tertiary/aromatic N) is 5. The molecule has 8 heteroatoms. The van der Waals surface area contributed by atoms with Crippen LogP contribution in [-0.2, 0) is 0 Å². The lowest BCUT2D eigenvalue weighted by Gasteiger charge is -2.22. The average Bonchev–Trinajstić information content (AvgIpc) is 3.42. The van der Waals surface area contributed by atoms with E-state index in [4.69, 9.17) is 10.8 Å². The maximum absolute atomic E-state index is 6.32. The smallest absolute Gasteiger partial charge is 0.151 e. The van der Waals surface area contributed by atoms with Crippen LogP contribution in [0.1, 0.15) is 24.5 Å². The molecule has 1 saturated heterocycles. The number of hydrogen-bond donors (Lipinski definition) is 2. The molecule has 3 aromatic heterocycles. The number of fused-ring (bicyclic) bond motifs is 2. The summed E-state index contributed by atoms with van der Waals surface area (Å²) in [5, 5.41) is 14.0. The molecule has 5 aromatic rings. The van der Waals surface area contributed by atoms with E-state index >= 15 is 0 Å². The Morgan fingerprint density at radius 2 is 1.94 bits per heavy atom. The van der Waals surface area contributed by atoms with E-state index in [-0.39, 0.29) is 12.4 Å². The van der Waals surface area contributed by atoms with Crippen molar-refractivity contribution >= 4 is 34.6 Å². The lowest BCUT2D eigenvalue weighted by molar-refractivity contribution is 0.449. The van der Waals surface area contributed by atoms with Gasteiger partial charge in [-0.3, -0.25) is 0 Å². The Bertz CT molecular complexity index is 1380. The molecule has 162 valence electrons. The van der Waals surface area contributed by atoms with Gasteiger partial charge in [-0.15, -0.1) is 12.4 Å². The molecule has 3 N–H and O–H groups in total. The number of nitrogen functional groups attached to an aromatic ring is 1. The Balaban J connectivity index is 0.00000216. The molecule has 0 aliphatic carbocycles. The first-order chi connectivity index (χ1) is 15.3. The van der Waals surface area contributed by atoms with Crippen LogP contribution in [0.2, 0.25) is 0 Å². The molecule has 6 rings (SSSR count). The summed E-state index contributed by atoms with van der Waals surface area (Å²) in [7, 11) is 0. The van der Waals surface area contributed by atoms with Crippen LogP contribution in [0.3, 0.4) is 0 Å². The lowest BCUT2D eigenvalue weighted by Crippen LogP contribution is -2.29. The van der Waals surface area contributed by atoms with Gasteiger partial charge in [0.1, 0.15) is 11.8 Å². The quantitative estimate of drug-likeness (QED) is 0.434. The van der Waals surface area contributed by atoms with E-state index in [0.717, 1.165) is 59.2 Å². The minimum absolute atomic E-state index is 0. The zero-order valence-electron chi connectivity index (χ0n) is 17.5. The number of nitrogens with one attached hydrogen (secondary N) is 1. The van der Waals surface area contributed by atoms with Crippen molar-refractivity contribution < 1.29 is 0 Å². The minimum Gasteiger partial charge on any atom is -0.382 e. The SMILES string of the molecule is Cl.Nc1ncnn2c(C3CCCNC3)cc(-c3ccc4cn(-c5ccccc5)nc4c3)c12. The second-order valence-corrected chi connectivity index (χ2v) is 8.11. The summed E-state index contributed by atoms with van der Waals surface area (Å²) in [6, 6.07) is 18.7. The third-order valence-electron chi connectivity index (χ3n) is 6.16. The molecule has 0 saturated carbocycles. The molecule has 1 aliphatic rings. The highest BCUT2D eigenvalue weighted by atomic mass is 35.5. The fourth-order valence-electron chi connectivity index (χ4n) is 4.60. The second kappa shape index (κ2) is 8.26. The van der Waals surface area contributed by atoms with E-state index < -0.39 is 0 Å². The minimum atomic E-state index is 0. The molecule has 0 spiro atoms. The van der Waals surface area contributed by atoms with Gasteiger partial charge in [0.25, 0.3) is 0 Å². The zero-order valence-corrected chi connectivity index (χ0v) is 18.3. The monoisotopic (exact) mass is 445 g/mol. The third-order valence-corrected chi connectivity index (χ3v) is 6.16. The van der Waals surface area contributed by atoms with Crippen LogP contribution < -0.4 is 11.1 Å². The molecule has 0 bridgehead atoms. The average molecular weight is 446 g/mol. The van der Waals surface area contributed by atoms with Gasteiger partial charge in [0.2, 0.25) is 0 Å². The van der Waals surface area contributed by atoms with Gasteiger partial charge in [-0.1, -0.05) is 30.3 Å². The highest BCUT2D eigenvalue weighted by Gasteiger charge is 2.23. The van der Waals surface area contributed by atoms with Crippen LogP contribution in [0.25, 0.3) is 33.2 Å². The third kappa shape index (κ3) is 3.39. The fraction of sp³-hybridized carbons (Fsp3) is 0.208. The summed E-state index contributed by atoms with van der Waals surface area (Å²) in [6.07, 6.45) is 5.90. The summed E-state index contributed by atoms with van der Waals surface area (Å²) < 4.78 is 3.89. The van der Waals surface area contributed by atoms with Gasteiger partial charge in [0.05, 0.1) is 11.2 Å². The number of halogens is 1. The highest BCUT2D eigenvalue weighted by molar-refractivity contribution is 5.92. The maximum atomic E-state index is 6.32. The van der Waals surface area contributed by atoms with Crippen LogP contribution in [-0.4, -0.2) is 37.5 Å². The standard InChI is InChI=1S/C24H23N7.ClH/c25-24-23-20(12-22(31(23)28-15-27-24)17-5-4-10-26-13-17)16-8-9-18-14-30(29-21(18)11-16)19-6-2-1-3-7-19;/h1-3,6-9,11-12,14-15,17,26H,4-5,10,13H2,(H2,25,27,28);1H. The highest BCUT2D eigenvalue weighted by Crippen LogP contribution is 2.36. The largest absolute Gasteiger partial charge is 0.382 e. The topological polar surface area (TPSA) is 86.1 Å². The van der Waals surface area contributed by atoms with Crippen molar-refractivity contribution in [3.05, 3.63) is 72.8 Å². The first-order valence-electron chi connectivity index (χ1n) is 10.7. The first-order valence-corrected chi connectivity index (χ1v) is 10.7. The number of rotatable bonds is 3. The molecule has 1 aliphatic heterocycles. The Morgan fingerprint density at radius 3 is 2.75 bits per heavy atom. The number of aromatic nitrogens is 5. The molecule has 4 heterocycles. The molecular weight excluding hydrogens is 422 g/mol. The van der Waals surface area contributed by atoms with E-state index in [1.165, 1.54) is 12.0 Å². The van der Waals surface area contributed by atoms with Crippen molar-refractivity contribution in [3.63, 3.8) is 0 Å². The van der Waals surface area contributed by atoms with E-state index in [2.05, 4.69) is 58.0 Å². The van der Waals surface area contributed by atoms with Crippen LogP contribution in [0, 0.1) is 0 Å². The van der Waals surface area contributed by atoms with Crippen molar-refractivity contribution in [2.24, 2.45) is 0 Å².